The Kier molecular flexibility index (Phi) is 6.43. The zero-order valence-corrected chi connectivity index (χ0v) is 20.1. The molecule has 4 aromatic rings. The van der Waals surface area contributed by atoms with Crippen molar-refractivity contribution >= 4 is 26.2 Å². The first-order valence-corrected chi connectivity index (χ1v) is 12.5. The number of fused-ring (bicyclic) bond motifs is 1. The van der Waals surface area contributed by atoms with Gasteiger partial charge in [0.1, 0.15) is 10.6 Å². The summed E-state index contributed by atoms with van der Waals surface area (Å²) in [5, 5.41) is 5.12. The Morgan fingerprint density at radius 2 is 1.82 bits per heavy atom. The molecule has 174 valence electrons. The second-order valence-electron chi connectivity index (χ2n) is 7.59. The molecule has 0 spiro atoms. The zero-order valence-electron chi connectivity index (χ0n) is 18.4. The molecule has 8 nitrogen and oxygen atoms in total. The molecule has 4 rings (SSSR count). The molecule has 2 N–H and O–H groups in total. The van der Waals surface area contributed by atoms with Gasteiger partial charge in [-0.15, -0.1) is 11.3 Å². The Bertz CT molecular complexity index is 1670. The fourth-order valence-electron chi connectivity index (χ4n) is 3.45. The Morgan fingerprint density at radius 3 is 2.50 bits per heavy atom. The van der Waals surface area contributed by atoms with E-state index in [0.717, 1.165) is 15.9 Å². The minimum absolute atomic E-state index is 0.000948. The molecule has 0 saturated carbocycles. The van der Waals surface area contributed by atoms with Crippen LogP contribution in [0.2, 0.25) is 0 Å². The van der Waals surface area contributed by atoms with Crippen molar-refractivity contribution in [2.45, 2.75) is 24.8 Å². The highest BCUT2D eigenvalue weighted by Crippen LogP contribution is 2.18. The number of nitrogens with two attached hydrogens (primary N) is 1. The summed E-state index contributed by atoms with van der Waals surface area (Å²) in [5.41, 5.74) is 1.15. The largest absolute Gasteiger partial charge is 0.497 e. The quantitative estimate of drug-likeness (QED) is 0.426. The molecule has 0 aliphatic carbocycles. The normalized spacial score (nSPS) is 11.3. The van der Waals surface area contributed by atoms with Crippen molar-refractivity contribution < 1.29 is 13.2 Å². The van der Waals surface area contributed by atoms with Gasteiger partial charge in [0.25, 0.3) is 5.56 Å². The minimum Gasteiger partial charge on any atom is -0.497 e. The van der Waals surface area contributed by atoms with Gasteiger partial charge >= 0.3 is 5.69 Å². The maximum Gasteiger partial charge on any atom is 0.336 e. The van der Waals surface area contributed by atoms with Crippen molar-refractivity contribution in [3.05, 3.63) is 97.1 Å². The third kappa shape index (κ3) is 4.82. The Hall–Kier alpha value is -3.65. The van der Waals surface area contributed by atoms with E-state index >= 15 is 0 Å². The van der Waals surface area contributed by atoms with E-state index in [0.29, 0.717) is 27.3 Å². The highest BCUT2D eigenvalue weighted by atomic mass is 32.2. The average Bonchev–Trinajstić information content (AvgIpc) is 3.25. The lowest BCUT2D eigenvalue weighted by Gasteiger charge is -2.08. The molecule has 2 heterocycles. The fourth-order valence-corrected chi connectivity index (χ4v) is 4.92. The van der Waals surface area contributed by atoms with Gasteiger partial charge in [-0.3, -0.25) is 13.8 Å². The first-order valence-electron chi connectivity index (χ1n) is 10.2. The second kappa shape index (κ2) is 9.30. The number of nitrogens with zero attached hydrogens (tertiary/aromatic N) is 2. The van der Waals surface area contributed by atoms with Gasteiger partial charge in [0.2, 0.25) is 10.0 Å². The van der Waals surface area contributed by atoms with Gasteiger partial charge < -0.3 is 4.74 Å². The van der Waals surface area contributed by atoms with E-state index in [1.807, 2.05) is 24.3 Å². The first kappa shape index (κ1) is 23.5. The fraction of sp³-hybridized carbons (Fsp3) is 0.167. The Morgan fingerprint density at radius 1 is 1.09 bits per heavy atom. The maximum atomic E-state index is 13.1. The van der Waals surface area contributed by atoms with Crippen molar-refractivity contribution in [2.75, 3.05) is 7.11 Å². The summed E-state index contributed by atoms with van der Waals surface area (Å²) in [5.74, 6) is 6.93. The van der Waals surface area contributed by atoms with Gasteiger partial charge in [0.15, 0.2) is 0 Å². The summed E-state index contributed by atoms with van der Waals surface area (Å²) >= 11 is 1.29. The molecule has 0 fully saturated rings. The zero-order chi connectivity index (χ0) is 24.5. The van der Waals surface area contributed by atoms with Gasteiger partial charge in [-0.2, -0.15) is 0 Å². The van der Waals surface area contributed by atoms with E-state index in [4.69, 9.17) is 9.88 Å². The number of methoxy groups -OCH3 is 1. The van der Waals surface area contributed by atoms with Crippen LogP contribution in [0.1, 0.15) is 21.6 Å². The molecule has 0 aliphatic rings. The number of primary sulfonamides is 1. The molecule has 0 unspecified atom stereocenters. The van der Waals surface area contributed by atoms with Crippen LogP contribution in [-0.2, 0) is 23.0 Å². The van der Waals surface area contributed by atoms with Crippen LogP contribution in [0.3, 0.4) is 0 Å². The lowest BCUT2D eigenvalue weighted by Crippen LogP contribution is -2.38. The van der Waals surface area contributed by atoms with Crippen LogP contribution in [-0.4, -0.2) is 24.5 Å². The van der Waals surface area contributed by atoms with Crippen LogP contribution in [0.4, 0.5) is 0 Å². The third-order valence-corrected chi connectivity index (χ3v) is 7.28. The van der Waals surface area contributed by atoms with E-state index in [1.165, 1.54) is 40.0 Å². The van der Waals surface area contributed by atoms with E-state index in [-0.39, 0.29) is 11.4 Å². The van der Waals surface area contributed by atoms with Gasteiger partial charge in [-0.1, -0.05) is 36.1 Å². The van der Waals surface area contributed by atoms with Crippen molar-refractivity contribution in [3.8, 4) is 17.6 Å². The summed E-state index contributed by atoms with van der Waals surface area (Å²) in [6.07, 6.45) is 2.15. The number of aryl methyl sites for hydroxylation is 1. The highest BCUT2D eigenvalue weighted by Gasteiger charge is 2.15. The van der Waals surface area contributed by atoms with Crippen molar-refractivity contribution in [1.82, 2.24) is 8.97 Å². The number of benzene rings is 2. The Labute approximate surface area is 199 Å². The maximum absolute atomic E-state index is 13.1. The standard InChI is InChI=1S/C24H21N3O5S2/c1-16-22(28)26(14-18-9-11-21(12-10-18)34(25,30)31)24(29)27-15-20(33-23(16)27)8-4-6-17-5-3-7-19(13-17)32-2/h3,5,7,9-13,15H,6,14H2,1-2H3,(H2,25,30,31). The number of aromatic nitrogens is 2. The molecule has 0 atom stereocenters. The summed E-state index contributed by atoms with van der Waals surface area (Å²) in [6, 6.07) is 13.4. The molecular formula is C24H21N3O5S2. The average molecular weight is 496 g/mol. The molecule has 34 heavy (non-hydrogen) atoms. The SMILES string of the molecule is COc1cccc(CC#Cc2cn3c(=O)n(Cc4ccc(S(N)(=O)=O)cc4)c(=O)c(C)c3s2)c1. The summed E-state index contributed by atoms with van der Waals surface area (Å²) in [6.45, 7) is 1.67. The highest BCUT2D eigenvalue weighted by molar-refractivity contribution is 7.89. The molecule has 2 aromatic carbocycles. The minimum atomic E-state index is -3.82. The molecule has 0 radical (unpaired) electrons. The molecule has 0 saturated heterocycles. The molecule has 2 aromatic heterocycles. The summed E-state index contributed by atoms with van der Waals surface area (Å²) < 4.78 is 30.7. The molecule has 10 heteroatoms. The number of rotatable bonds is 5. The number of sulfonamides is 1. The van der Waals surface area contributed by atoms with Gasteiger partial charge in [-0.05, 0) is 42.3 Å². The van der Waals surface area contributed by atoms with Crippen LogP contribution < -0.4 is 21.1 Å². The summed E-state index contributed by atoms with van der Waals surface area (Å²) in [4.78, 5) is 27.1. The van der Waals surface area contributed by atoms with Crippen LogP contribution >= 0.6 is 11.3 Å². The molecule has 0 aliphatic heterocycles. The molecule has 0 bridgehead atoms. The van der Waals surface area contributed by atoms with Crippen molar-refractivity contribution in [1.29, 1.82) is 0 Å². The van der Waals surface area contributed by atoms with Crippen LogP contribution in [0.15, 0.2) is 69.2 Å². The smallest absolute Gasteiger partial charge is 0.336 e. The van der Waals surface area contributed by atoms with Crippen molar-refractivity contribution in [2.24, 2.45) is 5.14 Å². The van der Waals surface area contributed by atoms with Crippen LogP contribution in [0.5, 0.6) is 5.75 Å². The third-order valence-electron chi connectivity index (χ3n) is 5.23. The van der Waals surface area contributed by atoms with E-state index in [2.05, 4.69) is 11.8 Å². The predicted octanol–water partition coefficient (Wildman–Crippen LogP) is 2.13. The lowest BCUT2D eigenvalue weighted by atomic mass is 10.1. The number of ether oxygens (including phenoxy) is 1. The van der Waals surface area contributed by atoms with E-state index in [1.54, 1.807) is 20.2 Å². The van der Waals surface area contributed by atoms with Crippen LogP contribution in [0.25, 0.3) is 4.83 Å². The predicted molar refractivity (Wildman–Crippen MR) is 131 cm³/mol. The van der Waals surface area contributed by atoms with Crippen molar-refractivity contribution in [3.63, 3.8) is 0 Å². The van der Waals surface area contributed by atoms with Gasteiger partial charge in [-0.25, -0.2) is 18.4 Å². The summed E-state index contributed by atoms with van der Waals surface area (Å²) in [7, 11) is -2.21. The topological polar surface area (TPSA) is 113 Å². The second-order valence-corrected chi connectivity index (χ2v) is 10.2. The lowest BCUT2D eigenvalue weighted by molar-refractivity contribution is 0.414. The first-order chi connectivity index (χ1) is 16.2. The monoisotopic (exact) mass is 495 g/mol. The molecular weight excluding hydrogens is 474 g/mol. The molecule has 0 amide bonds. The van der Waals surface area contributed by atoms with E-state index in [9.17, 15) is 18.0 Å². The van der Waals surface area contributed by atoms with Gasteiger partial charge in [0, 0.05) is 18.2 Å². The number of hydrogen-bond donors (Lipinski definition) is 1. The Balaban J connectivity index is 1.65. The van der Waals surface area contributed by atoms with E-state index < -0.39 is 21.3 Å². The van der Waals surface area contributed by atoms with Crippen LogP contribution in [0, 0.1) is 18.8 Å². The number of thiazole rings is 1. The van der Waals surface area contributed by atoms with Gasteiger partial charge in [0.05, 0.1) is 23.4 Å². The number of hydrogen-bond acceptors (Lipinski definition) is 6.